The zero-order valence-corrected chi connectivity index (χ0v) is 21.5. The van der Waals surface area contributed by atoms with Crippen molar-refractivity contribution < 1.29 is 23.9 Å². The number of anilines is 1. The number of benzene rings is 2. The number of hydrogen-bond acceptors (Lipinski definition) is 9. The molecule has 0 radical (unpaired) electrons. The van der Waals surface area contributed by atoms with E-state index in [-0.39, 0.29) is 36.0 Å². The van der Waals surface area contributed by atoms with Gasteiger partial charge in [-0.1, -0.05) is 22.9 Å². The number of fused-ring (bicyclic) bond motifs is 1. The molecule has 13 heteroatoms. The van der Waals surface area contributed by atoms with Gasteiger partial charge in [-0.2, -0.15) is 0 Å². The normalized spacial score (nSPS) is 10.7. The highest BCUT2D eigenvalue weighted by Gasteiger charge is 2.30. The second kappa shape index (κ2) is 11.5. The number of hydrogen-bond donors (Lipinski definition) is 0. The molecule has 1 aromatic heterocycles. The summed E-state index contributed by atoms with van der Waals surface area (Å²) in [5.41, 5.74) is -0.0348. The van der Waals surface area contributed by atoms with Crippen LogP contribution in [-0.4, -0.2) is 69.2 Å². The summed E-state index contributed by atoms with van der Waals surface area (Å²) in [6, 6.07) is 5.87. The van der Waals surface area contributed by atoms with Gasteiger partial charge in [-0.05, 0) is 26.2 Å². The number of halogens is 2. The molecule has 10 nitrogen and oxygen atoms in total. The van der Waals surface area contributed by atoms with Crippen LogP contribution in [-0.2, 0) is 0 Å². The summed E-state index contributed by atoms with van der Waals surface area (Å²) in [4.78, 5) is 32.7. The Morgan fingerprint density at radius 3 is 2.26 bits per heavy atom. The fourth-order valence-electron chi connectivity index (χ4n) is 3.14. The summed E-state index contributed by atoms with van der Waals surface area (Å²) < 4.78 is 16.5. The maximum Gasteiger partial charge on any atom is 0.286 e. The summed E-state index contributed by atoms with van der Waals surface area (Å²) in [6.07, 6.45) is 0. The monoisotopic (exact) mass is 530 g/mol. The van der Waals surface area contributed by atoms with Gasteiger partial charge < -0.3 is 19.1 Å². The lowest BCUT2D eigenvalue weighted by atomic mass is 10.1. The van der Waals surface area contributed by atoms with Crippen LogP contribution < -0.4 is 19.1 Å². The van der Waals surface area contributed by atoms with E-state index in [2.05, 4.69) is 4.98 Å². The molecule has 3 aromatic rings. The standard InChI is InChI=1S/C21H23ClN4O6S.ClH/c1-24(2)8-9-25(21-23-18-15(30-3)7-6-13(22)19(18)33-21)20(27)12-10-16(31-4)17(32-5)11-14(12)26(28)29;/h6-7,10-11H,8-9H2,1-5H3;1H. The molecule has 0 fully saturated rings. The molecule has 3 rings (SSSR count). The number of amides is 1. The van der Waals surface area contributed by atoms with Crippen molar-refractivity contribution in [1.29, 1.82) is 0 Å². The number of thiazole rings is 1. The first kappa shape index (κ1) is 27.4. The van der Waals surface area contributed by atoms with Crippen LogP contribution in [0.5, 0.6) is 17.2 Å². The number of carbonyl (C=O) groups is 1. The van der Waals surface area contributed by atoms with Gasteiger partial charge >= 0.3 is 0 Å². The van der Waals surface area contributed by atoms with Gasteiger partial charge in [0.25, 0.3) is 11.6 Å². The van der Waals surface area contributed by atoms with Crippen molar-refractivity contribution in [3.63, 3.8) is 0 Å². The Bertz CT molecular complexity index is 1200. The second-order valence-electron chi connectivity index (χ2n) is 7.17. The van der Waals surface area contributed by atoms with Gasteiger partial charge in [-0.25, -0.2) is 4.98 Å². The first-order chi connectivity index (χ1) is 15.7. The molecule has 0 aliphatic heterocycles. The molecule has 0 saturated carbocycles. The minimum Gasteiger partial charge on any atom is -0.494 e. The molecule has 0 bridgehead atoms. The van der Waals surface area contributed by atoms with Crippen molar-refractivity contribution in [2.45, 2.75) is 0 Å². The molecular weight excluding hydrogens is 507 g/mol. The average Bonchev–Trinajstić information content (AvgIpc) is 3.24. The molecule has 184 valence electrons. The molecule has 0 N–H and O–H groups in total. The fraction of sp³-hybridized carbons (Fsp3) is 0.333. The van der Waals surface area contributed by atoms with Gasteiger partial charge in [-0.15, -0.1) is 12.4 Å². The SMILES string of the molecule is COc1cc(C(=O)N(CCN(C)C)c2nc3c(OC)ccc(Cl)c3s2)c([N+](=O)[O-])cc1OC.Cl. The molecule has 0 aliphatic rings. The molecule has 0 spiro atoms. The quantitative estimate of drug-likeness (QED) is 0.293. The highest BCUT2D eigenvalue weighted by atomic mass is 35.5. The van der Waals surface area contributed by atoms with E-state index in [1.54, 1.807) is 12.1 Å². The molecule has 0 aliphatic carbocycles. The van der Waals surface area contributed by atoms with Crippen LogP contribution in [0.25, 0.3) is 10.2 Å². The molecule has 1 amide bonds. The summed E-state index contributed by atoms with van der Waals surface area (Å²) in [5.74, 6) is 0.262. The summed E-state index contributed by atoms with van der Waals surface area (Å²) in [5, 5.41) is 12.6. The molecule has 0 saturated heterocycles. The summed E-state index contributed by atoms with van der Waals surface area (Å²) >= 11 is 7.56. The predicted octanol–water partition coefficient (Wildman–Crippen LogP) is 4.51. The van der Waals surface area contributed by atoms with Crippen molar-refractivity contribution in [3.8, 4) is 17.2 Å². The predicted molar refractivity (Wildman–Crippen MR) is 135 cm³/mol. The van der Waals surface area contributed by atoms with Crippen molar-refractivity contribution in [2.24, 2.45) is 0 Å². The highest BCUT2D eigenvalue weighted by Crippen LogP contribution is 2.40. The van der Waals surface area contributed by atoms with E-state index < -0.39 is 16.5 Å². The molecular formula is C21H24Cl2N4O6S. The zero-order valence-electron chi connectivity index (χ0n) is 19.2. The lowest BCUT2D eigenvalue weighted by Crippen LogP contribution is -2.37. The second-order valence-corrected chi connectivity index (χ2v) is 8.55. The van der Waals surface area contributed by atoms with Gasteiger partial charge in [0.1, 0.15) is 16.8 Å². The maximum atomic E-state index is 13.7. The van der Waals surface area contributed by atoms with Crippen LogP contribution in [0.15, 0.2) is 24.3 Å². The van der Waals surface area contributed by atoms with Crippen molar-refractivity contribution in [3.05, 3.63) is 45.0 Å². The minimum atomic E-state index is -0.627. The molecule has 0 unspecified atom stereocenters. The number of methoxy groups -OCH3 is 3. The zero-order chi connectivity index (χ0) is 24.3. The third kappa shape index (κ3) is 5.44. The third-order valence-electron chi connectivity index (χ3n) is 4.84. The van der Waals surface area contributed by atoms with E-state index in [1.165, 1.54) is 49.7 Å². The number of rotatable bonds is 9. The number of aromatic nitrogens is 1. The van der Waals surface area contributed by atoms with Crippen molar-refractivity contribution in [1.82, 2.24) is 9.88 Å². The fourth-order valence-corrected chi connectivity index (χ4v) is 4.42. The number of nitrogens with zero attached hydrogens (tertiary/aromatic N) is 4. The first-order valence-electron chi connectivity index (χ1n) is 9.71. The van der Waals surface area contributed by atoms with Crippen LogP contribution in [0.1, 0.15) is 10.4 Å². The Labute approximate surface area is 211 Å². The van der Waals surface area contributed by atoms with E-state index >= 15 is 0 Å². The average molecular weight is 531 g/mol. The number of nitro groups is 1. The van der Waals surface area contributed by atoms with E-state index in [9.17, 15) is 14.9 Å². The third-order valence-corrected chi connectivity index (χ3v) is 6.38. The Morgan fingerprint density at radius 2 is 1.71 bits per heavy atom. The van der Waals surface area contributed by atoms with Crippen LogP contribution in [0.2, 0.25) is 5.02 Å². The Balaban J connectivity index is 0.00000408. The Kier molecular flexibility index (Phi) is 9.28. The molecule has 2 aromatic carbocycles. The van der Waals surface area contributed by atoms with E-state index in [4.69, 9.17) is 25.8 Å². The van der Waals surface area contributed by atoms with Crippen LogP contribution in [0.4, 0.5) is 10.8 Å². The Morgan fingerprint density at radius 1 is 1.09 bits per heavy atom. The smallest absolute Gasteiger partial charge is 0.286 e. The number of likely N-dealkylation sites (N-methyl/N-ethyl adjacent to an activating group) is 1. The maximum absolute atomic E-state index is 13.7. The minimum absolute atomic E-state index is 0. The molecule has 1 heterocycles. The first-order valence-corrected chi connectivity index (χ1v) is 10.9. The Hall–Kier alpha value is -2.86. The van der Waals surface area contributed by atoms with E-state index in [0.717, 1.165) is 0 Å². The summed E-state index contributed by atoms with van der Waals surface area (Å²) in [6.45, 7) is 0.727. The van der Waals surface area contributed by atoms with E-state index in [0.29, 0.717) is 32.7 Å². The van der Waals surface area contributed by atoms with Gasteiger partial charge in [0.05, 0.1) is 42.0 Å². The van der Waals surface area contributed by atoms with Crippen LogP contribution in [0, 0.1) is 10.1 Å². The van der Waals surface area contributed by atoms with Crippen LogP contribution >= 0.6 is 35.3 Å². The topological polar surface area (TPSA) is 107 Å². The number of carbonyl (C=O) groups excluding carboxylic acids is 1. The highest BCUT2D eigenvalue weighted by molar-refractivity contribution is 7.23. The largest absolute Gasteiger partial charge is 0.494 e. The van der Waals surface area contributed by atoms with Crippen molar-refractivity contribution >= 4 is 62.3 Å². The lowest BCUT2D eigenvalue weighted by Gasteiger charge is -2.22. The van der Waals surface area contributed by atoms with Gasteiger partial charge in [0.2, 0.25) is 0 Å². The van der Waals surface area contributed by atoms with Gasteiger partial charge in [0, 0.05) is 19.2 Å². The molecule has 34 heavy (non-hydrogen) atoms. The van der Waals surface area contributed by atoms with Gasteiger partial charge in [-0.3, -0.25) is 19.8 Å². The molecule has 0 atom stereocenters. The number of ether oxygens (including phenoxy) is 3. The number of nitro benzene ring substituents is 1. The van der Waals surface area contributed by atoms with Gasteiger partial charge in [0.15, 0.2) is 16.6 Å². The van der Waals surface area contributed by atoms with Crippen molar-refractivity contribution in [2.75, 3.05) is 53.4 Å². The summed E-state index contributed by atoms with van der Waals surface area (Å²) in [7, 11) is 8.00. The van der Waals surface area contributed by atoms with E-state index in [1.807, 2.05) is 19.0 Å². The van der Waals surface area contributed by atoms with Crippen LogP contribution in [0.3, 0.4) is 0 Å². The lowest BCUT2D eigenvalue weighted by molar-refractivity contribution is -0.385.